The molecule has 1 saturated carbocycles. The van der Waals surface area contributed by atoms with Gasteiger partial charge in [-0.3, -0.25) is 19.8 Å². The highest BCUT2D eigenvalue weighted by molar-refractivity contribution is 5.95. The molecule has 3 aromatic rings. The molecule has 1 fully saturated rings. The molecule has 0 unspecified atom stereocenters. The van der Waals surface area contributed by atoms with Crippen LogP contribution in [-0.4, -0.2) is 38.3 Å². The lowest BCUT2D eigenvalue weighted by Crippen LogP contribution is -2.55. The number of rotatable bonds is 9. The van der Waals surface area contributed by atoms with Crippen molar-refractivity contribution >= 4 is 22.7 Å². The molecule has 8 heteroatoms. The topological polar surface area (TPSA) is 121 Å². The van der Waals surface area contributed by atoms with Crippen LogP contribution in [0.1, 0.15) is 60.1 Å². The fourth-order valence-corrected chi connectivity index (χ4v) is 5.05. The van der Waals surface area contributed by atoms with Crippen LogP contribution in [0.3, 0.4) is 0 Å². The van der Waals surface area contributed by atoms with E-state index in [1.807, 2.05) is 37.3 Å². The predicted octanol–water partition coefficient (Wildman–Crippen LogP) is 4.37. The second kappa shape index (κ2) is 11.1. The summed E-state index contributed by atoms with van der Waals surface area (Å²) >= 11 is 0. The molecule has 1 aliphatic carbocycles. The van der Waals surface area contributed by atoms with Crippen molar-refractivity contribution in [2.24, 2.45) is 0 Å². The minimum Gasteiger partial charge on any atom is -0.489 e. The predicted molar refractivity (Wildman–Crippen MR) is 140 cm³/mol. The molecule has 4 N–H and O–H groups in total. The number of hydrogen-bond acceptors (Lipinski definition) is 6. The van der Waals surface area contributed by atoms with Crippen molar-refractivity contribution in [3.63, 3.8) is 0 Å². The Hall–Kier alpha value is -3.75. The molecule has 8 nitrogen and oxygen atoms in total. The zero-order valence-electron chi connectivity index (χ0n) is 21.0. The number of hydrogen-bond donors (Lipinski definition) is 4. The van der Waals surface area contributed by atoms with E-state index < -0.39 is 17.0 Å². The fourth-order valence-electron chi connectivity index (χ4n) is 5.05. The third kappa shape index (κ3) is 6.34. The number of aryl methyl sites for hydroxylation is 1. The molecule has 1 heterocycles. The first kappa shape index (κ1) is 26.3. The number of ether oxygens (including phenoxy) is 1. The van der Waals surface area contributed by atoms with Crippen LogP contribution in [0.2, 0.25) is 0 Å². The summed E-state index contributed by atoms with van der Waals surface area (Å²) in [6, 6.07) is 16.8. The number of amides is 2. The Bertz CT molecular complexity index is 1280. The Morgan fingerprint density at radius 1 is 1.11 bits per heavy atom. The summed E-state index contributed by atoms with van der Waals surface area (Å²) in [6.45, 7) is 6.02. The minimum absolute atomic E-state index is 0.0834. The average Bonchev–Trinajstić information content (AvgIpc) is 2.89. The highest BCUT2D eigenvalue weighted by atomic mass is 16.5. The number of fused-ring (bicyclic) bond motifs is 1. The second-order valence-electron chi connectivity index (χ2n) is 9.92. The summed E-state index contributed by atoms with van der Waals surface area (Å²) in [4.78, 5) is 29.7. The first-order chi connectivity index (χ1) is 17.7. The molecule has 2 amide bonds. The third-order valence-corrected chi connectivity index (χ3v) is 7.11. The van der Waals surface area contributed by atoms with E-state index in [1.54, 1.807) is 35.8 Å². The zero-order chi connectivity index (χ0) is 26.5. The van der Waals surface area contributed by atoms with Gasteiger partial charge in [0, 0.05) is 27.7 Å². The van der Waals surface area contributed by atoms with Crippen LogP contribution >= 0.6 is 0 Å². The van der Waals surface area contributed by atoms with E-state index in [0.717, 1.165) is 22.2 Å². The van der Waals surface area contributed by atoms with Crippen molar-refractivity contribution in [1.29, 1.82) is 0 Å². The molecule has 194 valence electrons. The van der Waals surface area contributed by atoms with Crippen LogP contribution in [0.4, 0.5) is 0 Å². The van der Waals surface area contributed by atoms with Gasteiger partial charge in [0.05, 0.1) is 17.5 Å². The quantitative estimate of drug-likeness (QED) is 0.196. The van der Waals surface area contributed by atoms with Crippen molar-refractivity contribution in [1.82, 2.24) is 15.8 Å². The first-order valence-corrected chi connectivity index (χ1v) is 12.4. The second-order valence-corrected chi connectivity index (χ2v) is 9.92. The van der Waals surface area contributed by atoms with Crippen LogP contribution < -0.4 is 15.5 Å². The van der Waals surface area contributed by atoms with E-state index in [4.69, 9.17) is 9.94 Å². The number of para-hydroxylation sites is 1. The number of hydroxylamine groups is 1. The maximum Gasteiger partial charge on any atom is 0.251 e. The van der Waals surface area contributed by atoms with Gasteiger partial charge >= 0.3 is 0 Å². The van der Waals surface area contributed by atoms with Gasteiger partial charge < -0.3 is 15.2 Å². The molecule has 0 saturated heterocycles. The molecular formula is C29H33N3O5. The van der Waals surface area contributed by atoms with E-state index in [-0.39, 0.29) is 12.3 Å². The highest BCUT2D eigenvalue weighted by Crippen LogP contribution is 2.39. The van der Waals surface area contributed by atoms with Gasteiger partial charge in [-0.25, -0.2) is 5.48 Å². The standard InChI is InChI=1S/C29H33N3O5/c1-3-12-29(35)15-13-28(14-16-29,18-26(33)32-36)31-27(34)21-8-10-23(11-9-21)37-19-22-17-20(2)30-25-7-5-4-6-24(22)25/h3-11,17,35-36H,1,12-16,18-19H2,2H3,(H,31,34)(H,32,33). The van der Waals surface area contributed by atoms with Gasteiger partial charge in [-0.1, -0.05) is 24.3 Å². The largest absolute Gasteiger partial charge is 0.489 e. The van der Waals surface area contributed by atoms with Crippen molar-refractivity contribution in [2.75, 3.05) is 0 Å². The van der Waals surface area contributed by atoms with Gasteiger partial charge in [0.1, 0.15) is 12.4 Å². The summed E-state index contributed by atoms with van der Waals surface area (Å²) in [5.41, 5.74) is 3.18. The Morgan fingerprint density at radius 3 is 2.49 bits per heavy atom. The molecule has 1 aliphatic rings. The van der Waals surface area contributed by atoms with E-state index in [2.05, 4.69) is 16.9 Å². The first-order valence-electron chi connectivity index (χ1n) is 12.4. The Morgan fingerprint density at radius 2 is 1.81 bits per heavy atom. The van der Waals surface area contributed by atoms with E-state index in [9.17, 15) is 14.7 Å². The number of carbonyl (C=O) groups excluding carboxylic acids is 2. The maximum atomic E-state index is 13.1. The maximum absolute atomic E-state index is 13.1. The Labute approximate surface area is 216 Å². The molecule has 2 aromatic carbocycles. The van der Waals surface area contributed by atoms with Crippen LogP contribution in [0.5, 0.6) is 5.75 Å². The average molecular weight is 504 g/mol. The summed E-state index contributed by atoms with van der Waals surface area (Å²) < 4.78 is 6.00. The lowest BCUT2D eigenvalue weighted by atomic mass is 9.71. The van der Waals surface area contributed by atoms with E-state index in [0.29, 0.717) is 50.0 Å². The fraction of sp³-hybridized carbons (Fsp3) is 0.345. The molecule has 1 aromatic heterocycles. The molecule has 0 spiro atoms. The van der Waals surface area contributed by atoms with Gasteiger partial charge in [0.25, 0.3) is 5.91 Å². The van der Waals surface area contributed by atoms with E-state index >= 15 is 0 Å². The molecular weight excluding hydrogens is 470 g/mol. The van der Waals surface area contributed by atoms with Crippen molar-refractivity contribution < 1.29 is 24.6 Å². The van der Waals surface area contributed by atoms with Gasteiger partial charge in [-0.05, 0) is 75.4 Å². The number of carbonyl (C=O) groups is 2. The van der Waals surface area contributed by atoms with Crippen molar-refractivity contribution in [3.8, 4) is 5.75 Å². The van der Waals surface area contributed by atoms with Gasteiger partial charge in [0.2, 0.25) is 5.91 Å². The highest BCUT2D eigenvalue weighted by Gasteiger charge is 2.43. The number of aliphatic hydroxyl groups is 1. The normalized spacial score (nSPS) is 21.3. The summed E-state index contributed by atoms with van der Waals surface area (Å²) in [5, 5.41) is 23.8. The minimum atomic E-state index is -0.899. The summed E-state index contributed by atoms with van der Waals surface area (Å²) in [6.07, 6.45) is 3.66. The number of aromatic nitrogens is 1. The number of pyridine rings is 1. The van der Waals surface area contributed by atoms with Gasteiger partial charge in [-0.15, -0.1) is 6.58 Å². The van der Waals surface area contributed by atoms with Crippen LogP contribution in [0, 0.1) is 6.92 Å². The van der Waals surface area contributed by atoms with Gasteiger partial charge in [0.15, 0.2) is 0 Å². The van der Waals surface area contributed by atoms with Gasteiger partial charge in [-0.2, -0.15) is 0 Å². The lowest BCUT2D eigenvalue weighted by Gasteiger charge is -2.44. The molecule has 0 atom stereocenters. The molecule has 37 heavy (non-hydrogen) atoms. The lowest BCUT2D eigenvalue weighted by molar-refractivity contribution is -0.131. The number of nitrogens with one attached hydrogen (secondary N) is 2. The van der Waals surface area contributed by atoms with Crippen LogP contribution in [-0.2, 0) is 11.4 Å². The Kier molecular flexibility index (Phi) is 7.90. The third-order valence-electron chi connectivity index (χ3n) is 7.11. The molecule has 0 radical (unpaired) electrons. The smallest absolute Gasteiger partial charge is 0.251 e. The molecule has 4 rings (SSSR count). The summed E-state index contributed by atoms with van der Waals surface area (Å²) in [5.74, 6) is -0.295. The van der Waals surface area contributed by atoms with Crippen molar-refractivity contribution in [2.45, 2.75) is 63.2 Å². The van der Waals surface area contributed by atoms with E-state index in [1.165, 1.54) is 0 Å². The summed E-state index contributed by atoms with van der Waals surface area (Å²) in [7, 11) is 0. The SMILES string of the molecule is C=CCC1(O)CCC(CC(=O)NO)(NC(=O)c2ccc(OCc3cc(C)nc4ccccc34)cc2)CC1. The zero-order valence-corrected chi connectivity index (χ0v) is 21.0. The number of benzene rings is 2. The number of nitrogens with zero attached hydrogens (tertiary/aromatic N) is 1. The molecule has 0 bridgehead atoms. The monoisotopic (exact) mass is 503 g/mol. The molecule has 0 aliphatic heterocycles. The Balaban J connectivity index is 1.43. The van der Waals surface area contributed by atoms with Crippen LogP contribution in [0.25, 0.3) is 10.9 Å². The van der Waals surface area contributed by atoms with Crippen LogP contribution in [0.15, 0.2) is 67.3 Å². The van der Waals surface area contributed by atoms with Crippen molar-refractivity contribution in [3.05, 3.63) is 84.1 Å².